The molecule has 5 rings (SSSR count). The smallest absolute Gasteiger partial charge is 0.253 e. The van der Waals surface area contributed by atoms with Gasteiger partial charge in [-0.05, 0) is 108 Å². The molecule has 3 aromatic rings. The average molecular weight is 629 g/mol. The molecule has 6 nitrogen and oxygen atoms in total. The third-order valence-corrected chi connectivity index (χ3v) is 9.01. The van der Waals surface area contributed by atoms with Gasteiger partial charge < -0.3 is 20.0 Å². The van der Waals surface area contributed by atoms with Crippen LogP contribution >= 0.6 is 48.6 Å². The zero-order chi connectivity index (χ0) is 25.6. The van der Waals surface area contributed by atoms with Crippen molar-refractivity contribution in [3.63, 3.8) is 0 Å². The molecule has 0 bridgehead atoms. The molecule has 2 aliphatic rings. The lowest BCUT2D eigenvalue weighted by molar-refractivity contribution is 0.0773. The Hall–Kier alpha value is -1.61. The Kier molecular flexibility index (Phi) is 14.5. The Balaban J connectivity index is 0.00000187. The fourth-order valence-electron chi connectivity index (χ4n) is 5.85. The van der Waals surface area contributed by atoms with Crippen LogP contribution in [0.5, 0.6) is 0 Å². The zero-order valence-electron chi connectivity index (χ0n) is 23.6. The van der Waals surface area contributed by atoms with Gasteiger partial charge in [0.15, 0.2) is 0 Å². The second-order valence-electron chi connectivity index (χ2n) is 10.3. The predicted molar refractivity (Wildman–Crippen MR) is 177 cm³/mol. The van der Waals surface area contributed by atoms with Crippen molar-refractivity contribution >= 4 is 70.4 Å². The first-order valence-corrected chi connectivity index (χ1v) is 15.0. The van der Waals surface area contributed by atoms with E-state index in [1.165, 1.54) is 56.6 Å². The molecule has 2 fully saturated rings. The molecule has 0 atom stereocenters. The van der Waals surface area contributed by atoms with Crippen LogP contribution in [-0.2, 0) is 0 Å². The second kappa shape index (κ2) is 16.7. The third-order valence-electron chi connectivity index (χ3n) is 8.07. The number of anilines is 1. The standard InChI is InChI=1S/C30H41N5OS.3ClH/c1-3-34(4-2)30(36)24-10-8-23(9-11-24)27-22-28(29-26(32-27)14-21-37-29)31-15-7-16-33-19-12-25(13-20-33)35-17-5-6-18-35;;;/h8-11,14,21-22,25H,3-7,12-13,15-20H2,1-2H3,(H,31,32);3*1H. The SMILES string of the molecule is CCN(CC)C(=O)c1ccc(-c2cc(NCCCN3CCC(N4CCCC4)CC3)c3sccc3n2)cc1.Cl.Cl.Cl. The Morgan fingerprint density at radius 3 is 2.33 bits per heavy atom. The van der Waals surface area contributed by atoms with E-state index in [4.69, 9.17) is 4.98 Å². The molecule has 1 amide bonds. The van der Waals surface area contributed by atoms with Gasteiger partial charge in [0.1, 0.15) is 0 Å². The molecule has 0 saturated carbocycles. The number of likely N-dealkylation sites (tertiary alicyclic amines) is 2. The van der Waals surface area contributed by atoms with Gasteiger partial charge in [0.25, 0.3) is 5.91 Å². The fourth-order valence-corrected chi connectivity index (χ4v) is 6.68. The van der Waals surface area contributed by atoms with E-state index in [2.05, 4.69) is 32.6 Å². The first kappa shape index (κ1) is 34.6. The van der Waals surface area contributed by atoms with Crippen LogP contribution in [0.15, 0.2) is 41.8 Å². The number of benzene rings is 1. The highest BCUT2D eigenvalue weighted by Crippen LogP contribution is 2.32. The molecule has 2 aromatic heterocycles. The minimum atomic E-state index is 0. The Morgan fingerprint density at radius 1 is 1.00 bits per heavy atom. The molecule has 222 valence electrons. The summed E-state index contributed by atoms with van der Waals surface area (Å²) in [4.78, 5) is 24.8. The van der Waals surface area contributed by atoms with Gasteiger partial charge in [-0.15, -0.1) is 48.6 Å². The largest absolute Gasteiger partial charge is 0.384 e. The van der Waals surface area contributed by atoms with Crippen molar-refractivity contribution in [2.75, 3.05) is 57.7 Å². The number of carbonyl (C=O) groups is 1. The molecule has 0 spiro atoms. The first-order valence-electron chi connectivity index (χ1n) is 14.1. The van der Waals surface area contributed by atoms with Crippen LogP contribution in [0, 0.1) is 0 Å². The molecule has 40 heavy (non-hydrogen) atoms. The maximum atomic E-state index is 12.7. The van der Waals surface area contributed by atoms with Crippen LogP contribution in [0.25, 0.3) is 21.5 Å². The summed E-state index contributed by atoms with van der Waals surface area (Å²) in [7, 11) is 0. The van der Waals surface area contributed by atoms with Gasteiger partial charge >= 0.3 is 0 Å². The summed E-state index contributed by atoms with van der Waals surface area (Å²) in [5.74, 6) is 0.0837. The summed E-state index contributed by atoms with van der Waals surface area (Å²) in [6, 6.07) is 13.0. The molecule has 1 N–H and O–H groups in total. The number of hydrogen-bond acceptors (Lipinski definition) is 6. The van der Waals surface area contributed by atoms with Crippen LogP contribution in [0.1, 0.15) is 56.3 Å². The third kappa shape index (κ3) is 8.24. The van der Waals surface area contributed by atoms with E-state index in [9.17, 15) is 4.79 Å². The van der Waals surface area contributed by atoms with Crippen LogP contribution in [0.2, 0.25) is 0 Å². The lowest BCUT2D eigenvalue weighted by Crippen LogP contribution is -2.44. The zero-order valence-corrected chi connectivity index (χ0v) is 26.9. The van der Waals surface area contributed by atoms with Gasteiger partial charge in [0, 0.05) is 36.8 Å². The van der Waals surface area contributed by atoms with E-state index in [1.807, 2.05) is 43.0 Å². The summed E-state index contributed by atoms with van der Waals surface area (Å²) in [5.41, 5.74) is 4.89. The predicted octanol–water partition coefficient (Wildman–Crippen LogP) is 7.07. The number of carbonyl (C=O) groups excluding carboxylic acids is 1. The first-order chi connectivity index (χ1) is 18.2. The van der Waals surface area contributed by atoms with Crippen molar-refractivity contribution in [1.29, 1.82) is 0 Å². The molecule has 2 saturated heterocycles. The molecular formula is C30H44Cl3N5OS. The maximum Gasteiger partial charge on any atom is 0.253 e. The summed E-state index contributed by atoms with van der Waals surface area (Å²) < 4.78 is 1.21. The lowest BCUT2D eigenvalue weighted by Gasteiger charge is -2.36. The number of fused-ring (bicyclic) bond motifs is 1. The van der Waals surface area contributed by atoms with Crippen LogP contribution in [0.3, 0.4) is 0 Å². The van der Waals surface area contributed by atoms with E-state index < -0.39 is 0 Å². The molecule has 2 aliphatic heterocycles. The number of piperidine rings is 1. The van der Waals surface area contributed by atoms with Crippen molar-refractivity contribution in [2.24, 2.45) is 0 Å². The molecule has 10 heteroatoms. The molecule has 4 heterocycles. The van der Waals surface area contributed by atoms with Crippen LogP contribution in [0.4, 0.5) is 5.69 Å². The van der Waals surface area contributed by atoms with Gasteiger partial charge in [-0.25, -0.2) is 4.98 Å². The number of thiophene rings is 1. The van der Waals surface area contributed by atoms with Gasteiger partial charge in [0.05, 0.1) is 21.6 Å². The van der Waals surface area contributed by atoms with E-state index in [-0.39, 0.29) is 43.1 Å². The number of aromatic nitrogens is 1. The minimum absolute atomic E-state index is 0. The number of nitrogens with one attached hydrogen (secondary N) is 1. The highest BCUT2D eigenvalue weighted by molar-refractivity contribution is 7.17. The number of nitrogens with zero attached hydrogens (tertiary/aromatic N) is 4. The molecule has 1 aromatic carbocycles. The van der Waals surface area contributed by atoms with E-state index in [0.29, 0.717) is 0 Å². The van der Waals surface area contributed by atoms with E-state index >= 15 is 0 Å². The minimum Gasteiger partial charge on any atom is -0.384 e. The lowest BCUT2D eigenvalue weighted by atomic mass is 10.0. The summed E-state index contributed by atoms with van der Waals surface area (Å²) in [6.45, 7) is 12.7. The number of amides is 1. The summed E-state index contributed by atoms with van der Waals surface area (Å²) in [5, 5.41) is 5.83. The maximum absolute atomic E-state index is 12.7. The average Bonchev–Trinajstić information content (AvgIpc) is 3.65. The highest BCUT2D eigenvalue weighted by Gasteiger charge is 2.26. The topological polar surface area (TPSA) is 51.7 Å². The highest BCUT2D eigenvalue weighted by atomic mass is 35.5. The number of rotatable bonds is 10. The van der Waals surface area contributed by atoms with E-state index in [0.717, 1.165) is 66.7 Å². The molecule has 0 aliphatic carbocycles. The molecule has 0 radical (unpaired) electrons. The van der Waals surface area contributed by atoms with Gasteiger partial charge in [-0.3, -0.25) is 4.79 Å². The normalized spacial score (nSPS) is 16.1. The summed E-state index contributed by atoms with van der Waals surface area (Å²) in [6.07, 6.45) is 6.58. The monoisotopic (exact) mass is 627 g/mol. The van der Waals surface area contributed by atoms with Crippen molar-refractivity contribution < 1.29 is 4.79 Å². The van der Waals surface area contributed by atoms with Crippen molar-refractivity contribution in [2.45, 2.75) is 52.0 Å². The van der Waals surface area contributed by atoms with Crippen molar-refractivity contribution in [1.82, 2.24) is 19.7 Å². The second-order valence-corrected chi connectivity index (χ2v) is 11.3. The number of hydrogen-bond donors (Lipinski definition) is 1. The number of pyridine rings is 1. The van der Waals surface area contributed by atoms with Gasteiger partial charge in [-0.1, -0.05) is 12.1 Å². The number of halogens is 3. The fraction of sp³-hybridized carbons (Fsp3) is 0.533. The Labute approximate surface area is 262 Å². The summed E-state index contributed by atoms with van der Waals surface area (Å²) >= 11 is 1.74. The van der Waals surface area contributed by atoms with Crippen molar-refractivity contribution in [3.8, 4) is 11.3 Å². The van der Waals surface area contributed by atoms with Gasteiger partial charge in [0.2, 0.25) is 0 Å². The van der Waals surface area contributed by atoms with Crippen LogP contribution in [-0.4, -0.2) is 84.0 Å². The van der Waals surface area contributed by atoms with Crippen LogP contribution < -0.4 is 5.32 Å². The van der Waals surface area contributed by atoms with Crippen molar-refractivity contribution in [3.05, 3.63) is 47.3 Å². The molecular weight excluding hydrogens is 585 g/mol. The molecule has 0 unspecified atom stereocenters. The van der Waals surface area contributed by atoms with E-state index in [1.54, 1.807) is 11.3 Å². The van der Waals surface area contributed by atoms with Gasteiger partial charge in [-0.2, -0.15) is 0 Å². The Morgan fingerprint density at radius 2 is 1.68 bits per heavy atom. The Bertz CT molecular complexity index is 1170. The quantitative estimate of drug-likeness (QED) is 0.243.